The highest BCUT2D eigenvalue weighted by Crippen LogP contribution is 2.34. The zero-order valence-electron chi connectivity index (χ0n) is 14.1. The summed E-state index contributed by atoms with van der Waals surface area (Å²) in [4.78, 5) is 2.68. The summed E-state index contributed by atoms with van der Waals surface area (Å²) in [7, 11) is 2.15. The summed E-state index contributed by atoms with van der Waals surface area (Å²) in [6.45, 7) is 15.6. The molecule has 2 heteroatoms. The maximum Gasteiger partial charge on any atom is 0.0110 e. The Morgan fingerprint density at radius 3 is 2.42 bits per heavy atom. The zero-order valence-corrected chi connectivity index (χ0v) is 14.1. The van der Waals surface area contributed by atoms with Gasteiger partial charge >= 0.3 is 0 Å². The topological polar surface area (TPSA) is 15.3 Å². The second-order valence-corrected chi connectivity index (χ2v) is 6.98. The van der Waals surface area contributed by atoms with Crippen LogP contribution >= 0.6 is 0 Å². The fraction of sp³-hybridized carbons (Fsp3) is 1.00. The van der Waals surface area contributed by atoms with Crippen LogP contribution in [0, 0.1) is 23.7 Å². The van der Waals surface area contributed by atoms with Crippen LogP contribution in [0.5, 0.6) is 0 Å². The van der Waals surface area contributed by atoms with Gasteiger partial charge in [-0.25, -0.2) is 0 Å². The fourth-order valence-corrected chi connectivity index (χ4v) is 3.75. The molecule has 0 bridgehead atoms. The molecule has 5 atom stereocenters. The van der Waals surface area contributed by atoms with Crippen LogP contribution < -0.4 is 5.32 Å². The third kappa shape index (κ3) is 5.07. The second kappa shape index (κ2) is 8.26. The summed E-state index contributed by atoms with van der Waals surface area (Å²) in [5, 5.41) is 3.58. The molecule has 5 unspecified atom stereocenters. The lowest BCUT2D eigenvalue weighted by Crippen LogP contribution is -2.48. The summed E-state index contributed by atoms with van der Waals surface area (Å²) < 4.78 is 0. The fourth-order valence-electron chi connectivity index (χ4n) is 3.75. The van der Waals surface area contributed by atoms with Crippen molar-refractivity contribution < 1.29 is 0 Å². The standard InChI is InChI=1S/C17H36N2/c1-7-13(3)11-19(8-2)12-16-15(5)9-14(4)10-17(16)18-6/h13-18H,7-12H2,1-6H3. The minimum absolute atomic E-state index is 0.713. The molecule has 0 aromatic carbocycles. The molecular formula is C17H36N2. The van der Waals surface area contributed by atoms with Crippen LogP contribution in [0.3, 0.4) is 0 Å². The molecule has 0 saturated heterocycles. The molecule has 0 radical (unpaired) electrons. The van der Waals surface area contributed by atoms with Crippen molar-refractivity contribution in [2.75, 3.05) is 26.7 Å². The smallest absolute Gasteiger partial charge is 0.0110 e. The van der Waals surface area contributed by atoms with Gasteiger partial charge in [0.05, 0.1) is 0 Å². The Hall–Kier alpha value is -0.0800. The monoisotopic (exact) mass is 268 g/mol. The molecule has 0 heterocycles. The van der Waals surface area contributed by atoms with E-state index in [0.717, 1.165) is 23.7 Å². The Kier molecular flexibility index (Phi) is 7.38. The van der Waals surface area contributed by atoms with Gasteiger partial charge in [-0.05, 0) is 50.1 Å². The summed E-state index contributed by atoms with van der Waals surface area (Å²) in [5.41, 5.74) is 0. The number of hydrogen-bond donors (Lipinski definition) is 1. The van der Waals surface area contributed by atoms with Crippen LogP contribution in [-0.4, -0.2) is 37.6 Å². The maximum absolute atomic E-state index is 3.58. The third-order valence-corrected chi connectivity index (χ3v) is 5.23. The molecule has 2 nitrogen and oxygen atoms in total. The number of nitrogens with zero attached hydrogens (tertiary/aromatic N) is 1. The molecule has 1 saturated carbocycles. The third-order valence-electron chi connectivity index (χ3n) is 5.23. The summed E-state index contributed by atoms with van der Waals surface area (Å²) >= 11 is 0. The summed E-state index contributed by atoms with van der Waals surface area (Å²) in [5.74, 6) is 3.39. The Balaban J connectivity index is 2.59. The molecule has 0 aromatic rings. The van der Waals surface area contributed by atoms with E-state index in [1.54, 1.807) is 0 Å². The molecule has 0 spiro atoms. The zero-order chi connectivity index (χ0) is 14.4. The van der Waals surface area contributed by atoms with Gasteiger partial charge in [-0.15, -0.1) is 0 Å². The normalized spacial score (nSPS) is 33.6. The second-order valence-electron chi connectivity index (χ2n) is 6.98. The van der Waals surface area contributed by atoms with E-state index in [9.17, 15) is 0 Å². The molecule has 1 fully saturated rings. The van der Waals surface area contributed by atoms with E-state index >= 15 is 0 Å². The number of hydrogen-bond acceptors (Lipinski definition) is 2. The highest BCUT2D eigenvalue weighted by molar-refractivity contribution is 4.88. The lowest BCUT2D eigenvalue weighted by atomic mass is 9.72. The Morgan fingerprint density at radius 1 is 1.21 bits per heavy atom. The van der Waals surface area contributed by atoms with E-state index in [0.29, 0.717) is 6.04 Å². The first kappa shape index (κ1) is 17.0. The minimum atomic E-state index is 0.713. The van der Waals surface area contributed by atoms with Crippen LogP contribution in [-0.2, 0) is 0 Å². The Bertz CT molecular complexity index is 241. The first-order valence-electron chi connectivity index (χ1n) is 8.41. The van der Waals surface area contributed by atoms with Crippen LogP contribution in [0.2, 0.25) is 0 Å². The highest BCUT2D eigenvalue weighted by Gasteiger charge is 2.33. The SMILES string of the molecule is CCC(C)CN(CC)CC1C(C)CC(C)CC1NC. The van der Waals surface area contributed by atoms with E-state index < -0.39 is 0 Å². The summed E-state index contributed by atoms with van der Waals surface area (Å²) in [6, 6.07) is 0.713. The first-order valence-corrected chi connectivity index (χ1v) is 8.41. The van der Waals surface area contributed by atoms with Gasteiger partial charge in [-0.3, -0.25) is 0 Å². The predicted molar refractivity (Wildman–Crippen MR) is 85.5 cm³/mol. The van der Waals surface area contributed by atoms with Crippen LogP contribution in [0.25, 0.3) is 0 Å². The van der Waals surface area contributed by atoms with Gasteiger partial charge in [0.15, 0.2) is 0 Å². The van der Waals surface area contributed by atoms with Gasteiger partial charge < -0.3 is 10.2 Å². The molecule has 114 valence electrons. The lowest BCUT2D eigenvalue weighted by molar-refractivity contribution is 0.0997. The number of rotatable bonds is 7. The van der Waals surface area contributed by atoms with Gasteiger partial charge in [0.1, 0.15) is 0 Å². The van der Waals surface area contributed by atoms with Crippen molar-refractivity contribution >= 4 is 0 Å². The molecular weight excluding hydrogens is 232 g/mol. The molecule has 1 aliphatic carbocycles. The van der Waals surface area contributed by atoms with Gasteiger partial charge in [0, 0.05) is 19.1 Å². The van der Waals surface area contributed by atoms with E-state index in [-0.39, 0.29) is 0 Å². The van der Waals surface area contributed by atoms with Crippen molar-refractivity contribution in [1.29, 1.82) is 0 Å². The molecule has 1 aliphatic rings. The molecule has 0 aromatic heterocycles. The first-order chi connectivity index (χ1) is 9.01. The van der Waals surface area contributed by atoms with Crippen LogP contribution in [0.4, 0.5) is 0 Å². The van der Waals surface area contributed by atoms with Gasteiger partial charge in [-0.1, -0.05) is 41.0 Å². The van der Waals surface area contributed by atoms with Crippen molar-refractivity contribution in [3.8, 4) is 0 Å². The van der Waals surface area contributed by atoms with E-state index in [1.165, 1.54) is 38.9 Å². The average molecular weight is 268 g/mol. The van der Waals surface area contributed by atoms with Crippen molar-refractivity contribution in [1.82, 2.24) is 10.2 Å². The van der Waals surface area contributed by atoms with Gasteiger partial charge in [-0.2, -0.15) is 0 Å². The van der Waals surface area contributed by atoms with E-state index in [2.05, 4.69) is 51.9 Å². The van der Waals surface area contributed by atoms with Crippen LogP contribution in [0.15, 0.2) is 0 Å². The largest absolute Gasteiger partial charge is 0.317 e. The lowest BCUT2D eigenvalue weighted by Gasteiger charge is -2.42. The molecule has 1 N–H and O–H groups in total. The van der Waals surface area contributed by atoms with E-state index in [4.69, 9.17) is 0 Å². The van der Waals surface area contributed by atoms with Gasteiger partial charge in [0.25, 0.3) is 0 Å². The van der Waals surface area contributed by atoms with E-state index in [1.807, 2.05) is 0 Å². The Labute approximate surface area is 121 Å². The average Bonchev–Trinajstić information content (AvgIpc) is 2.39. The van der Waals surface area contributed by atoms with Crippen molar-refractivity contribution in [2.24, 2.45) is 23.7 Å². The Morgan fingerprint density at radius 2 is 1.89 bits per heavy atom. The molecule has 0 amide bonds. The molecule has 1 rings (SSSR count). The number of nitrogens with one attached hydrogen (secondary N) is 1. The van der Waals surface area contributed by atoms with Crippen molar-refractivity contribution in [3.05, 3.63) is 0 Å². The van der Waals surface area contributed by atoms with Gasteiger partial charge in [0.2, 0.25) is 0 Å². The minimum Gasteiger partial charge on any atom is -0.317 e. The van der Waals surface area contributed by atoms with Crippen LogP contribution in [0.1, 0.15) is 53.9 Å². The molecule has 0 aliphatic heterocycles. The molecule has 19 heavy (non-hydrogen) atoms. The predicted octanol–water partition coefficient (Wildman–Crippen LogP) is 3.62. The quantitative estimate of drug-likeness (QED) is 0.758. The van der Waals surface area contributed by atoms with Crippen molar-refractivity contribution in [3.63, 3.8) is 0 Å². The summed E-state index contributed by atoms with van der Waals surface area (Å²) in [6.07, 6.45) is 4.05. The van der Waals surface area contributed by atoms with Crippen molar-refractivity contribution in [2.45, 2.75) is 59.9 Å². The maximum atomic E-state index is 3.58. The highest BCUT2D eigenvalue weighted by atomic mass is 15.1.